The zero-order valence-electron chi connectivity index (χ0n) is 10.9. The van der Waals surface area contributed by atoms with Crippen molar-refractivity contribution in [1.82, 2.24) is 15.1 Å². The normalized spacial score (nSPS) is 31.6. The van der Waals surface area contributed by atoms with E-state index in [-0.39, 0.29) is 17.7 Å². The van der Waals surface area contributed by atoms with Crippen molar-refractivity contribution in [2.75, 3.05) is 13.1 Å². The van der Waals surface area contributed by atoms with Gasteiger partial charge in [-0.2, -0.15) is 5.10 Å². The number of piperidine rings is 1. The number of nitrogens with zero attached hydrogens (tertiary/aromatic N) is 2. The van der Waals surface area contributed by atoms with E-state index in [1.54, 1.807) is 24.1 Å². The summed E-state index contributed by atoms with van der Waals surface area (Å²) in [6.45, 7) is 2.79. The maximum absolute atomic E-state index is 11.4. The number of carbonyl (C=O) groups is 1. The average molecular weight is 292 g/mol. The zero-order chi connectivity index (χ0) is 14.1. The number of nitrogens with one attached hydrogen (secondary N) is 1. The van der Waals surface area contributed by atoms with E-state index in [9.17, 15) is 9.90 Å². The van der Waals surface area contributed by atoms with Crippen molar-refractivity contribution < 1.29 is 9.90 Å². The zero-order valence-corrected chi connectivity index (χ0v) is 11.7. The monoisotopic (exact) mass is 291 g/mol. The van der Waals surface area contributed by atoms with Crippen LogP contribution < -0.4 is 0 Å². The summed E-state index contributed by atoms with van der Waals surface area (Å²) in [6.07, 6.45) is 1.72. The van der Waals surface area contributed by atoms with Crippen molar-refractivity contribution in [2.45, 2.75) is 12.5 Å². The number of hydrogen-bond acceptors (Lipinski definition) is 3. The van der Waals surface area contributed by atoms with Gasteiger partial charge in [-0.05, 0) is 17.7 Å². The van der Waals surface area contributed by atoms with Gasteiger partial charge in [-0.25, -0.2) is 0 Å². The molecule has 20 heavy (non-hydrogen) atoms. The van der Waals surface area contributed by atoms with Gasteiger partial charge in [0, 0.05) is 42.3 Å². The summed E-state index contributed by atoms with van der Waals surface area (Å²) < 4.78 is 0. The largest absolute Gasteiger partial charge is 0.384 e. The van der Waals surface area contributed by atoms with Crippen LogP contribution in [0.25, 0.3) is 10.9 Å². The van der Waals surface area contributed by atoms with E-state index in [1.807, 2.05) is 6.07 Å². The van der Waals surface area contributed by atoms with Crippen molar-refractivity contribution in [3.8, 4) is 0 Å². The fraction of sp³-hybridized carbons (Fsp3) is 0.429. The van der Waals surface area contributed by atoms with Crippen molar-refractivity contribution >= 4 is 28.4 Å². The molecular weight excluding hydrogens is 278 g/mol. The molecular formula is C14H14ClN3O2. The first-order chi connectivity index (χ1) is 9.51. The molecule has 1 amide bonds. The Labute approximate surface area is 120 Å². The number of H-pyrrole nitrogens is 1. The van der Waals surface area contributed by atoms with Crippen LogP contribution in [-0.2, 0) is 10.4 Å². The van der Waals surface area contributed by atoms with Crippen LogP contribution >= 0.6 is 11.6 Å². The fourth-order valence-electron chi connectivity index (χ4n) is 3.61. The average Bonchev–Trinajstić information content (AvgIpc) is 2.85. The van der Waals surface area contributed by atoms with E-state index in [2.05, 4.69) is 10.2 Å². The van der Waals surface area contributed by atoms with Gasteiger partial charge in [0.25, 0.3) is 0 Å². The molecule has 1 unspecified atom stereocenters. The Morgan fingerprint density at radius 3 is 2.85 bits per heavy atom. The van der Waals surface area contributed by atoms with Gasteiger partial charge in [-0.1, -0.05) is 11.6 Å². The Morgan fingerprint density at radius 2 is 2.20 bits per heavy atom. The summed E-state index contributed by atoms with van der Waals surface area (Å²) in [4.78, 5) is 13.2. The molecule has 3 atom stereocenters. The van der Waals surface area contributed by atoms with Crippen LogP contribution in [0.3, 0.4) is 0 Å². The van der Waals surface area contributed by atoms with Crippen LogP contribution in [0, 0.1) is 11.8 Å². The van der Waals surface area contributed by atoms with E-state index in [4.69, 9.17) is 11.6 Å². The first kappa shape index (κ1) is 12.2. The molecule has 0 bridgehead atoms. The molecule has 2 heterocycles. The highest BCUT2D eigenvalue weighted by Crippen LogP contribution is 2.62. The molecule has 104 valence electrons. The van der Waals surface area contributed by atoms with Crippen LogP contribution in [0.15, 0.2) is 18.3 Å². The molecule has 2 aliphatic rings. The van der Waals surface area contributed by atoms with E-state index in [1.165, 1.54) is 0 Å². The fourth-order valence-corrected chi connectivity index (χ4v) is 3.83. The molecule has 2 N–H and O–H groups in total. The molecule has 4 rings (SSSR count). The third-order valence-electron chi connectivity index (χ3n) is 4.74. The molecule has 1 aromatic heterocycles. The van der Waals surface area contributed by atoms with Gasteiger partial charge in [0.2, 0.25) is 5.91 Å². The van der Waals surface area contributed by atoms with Crippen molar-refractivity contribution in [3.63, 3.8) is 0 Å². The van der Waals surface area contributed by atoms with Gasteiger partial charge < -0.3 is 10.0 Å². The van der Waals surface area contributed by atoms with Crippen LogP contribution in [-0.4, -0.2) is 39.2 Å². The molecule has 6 heteroatoms. The smallest absolute Gasteiger partial charge is 0.219 e. The van der Waals surface area contributed by atoms with Gasteiger partial charge >= 0.3 is 0 Å². The van der Waals surface area contributed by atoms with E-state index in [0.29, 0.717) is 18.1 Å². The number of fused-ring (bicyclic) bond motifs is 2. The lowest BCUT2D eigenvalue weighted by atomic mass is 9.99. The lowest BCUT2D eigenvalue weighted by Gasteiger charge is -2.23. The Hall–Kier alpha value is -1.59. The second kappa shape index (κ2) is 3.74. The summed E-state index contributed by atoms with van der Waals surface area (Å²) >= 11 is 6.13. The minimum Gasteiger partial charge on any atom is -0.384 e. The van der Waals surface area contributed by atoms with E-state index in [0.717, 1.165) is 16.5 Å². The van der Waals surface area contributed by atoms with Crippen LogP contribution in [0.1, 0.15) is 12.5 Å². The number of aromatic nitrogens is 2. The minimum absolute atomic E-state index is 0.0686. The summed E-state index contributed by atoms with van der Waals surface area (Å²) in [5, 5.41) is 19.4. The molecule has 1 aromatic carbocycles. The molecule has 1 saturated carbocycles. The molecule has 1 aliphatic heterocycles. The number of likely N-dealkylation sites (tertiary alicyclic amines) is 1. The molecule has 2 fully saturated rings. The van der Waals surface area contributed by atoms with Crippen LogP contribution in [0.4, 0.5) is 0 Å². The number of halogens is 1. The second-order valence-corrected chi connectivity index (χ2v) is 6.18. The molecule has 0 spiro atoms. The topological polar surface area (TPSA) is 69.2 Å². The second-order valence-electron chi connectivity index (χ2n) is 5.75. The first-order valence-corrected chi connectivity index (χ1v) is 7.00. The summed E-state index contributed by atoms with van der Waals surface area (Å²) in [6, 6.07) is 3.62. The predicted molar refractivity (Wildman–Crippen MR) is 74.2 cm³/mol. The highest BCUT2D eigenvalue weighted by Gasteiger charge is 2.69. The van der Waals surface area contributed by atoms with Crippen LogP contribution in [0.2, 0.25) is 5.02 Å². The molecule has 1 aliphatic carbocycles. The Kier molecular flexibility index (Phi) is 2.28. The molecule has 2 aromatic rings. The predicted octanol–water partition coefficient (Wildman–Crippen LogP) is 1.51. The van der Waals surface area contributed by atoms with Crippen molar-refractivity contribution in [2.24, 2.45) is 11.8 Å². The first-order valence-electron chi connectivity index (χ1n) is 6.63. The third-order valence-corrected chi connectivity index (χ3v) is 4.96. The number of aliphatic hydroxyl groups is 1. The standard InChI is InChI=1S/C14H14ClN3O2/c1-7(19)18-5-11-12(6-18)14(11,20)10-2-8(15)3-13-9(10)4-16-17-13/h2-4,11-12,20H,5-6H2,1H3,(H,16,17)/t11-,12+,14?. The van der Waals surface area contributed by atoms with Gasteiger partial charge in [0.15, 0.2) is 0 Å². The maximum atomic E-state index is 11.4. The molecule has 1 saturated heterocycles. The molecule has 5 nitrogen and oxygen atoms in total. The van der Waals surface area contributed by atoms with Crippen molar-refractivity contribution in [3.05, 3.63) is 28.9 Å². The van der Waals surface area contributed by atoms with Crippen molar-refractivity contribution in [1.29, 1.82) is 0 Å². The number of hydrogen-bond donors (Lipinski definition) is 2. The highest BCUT2D eigenvalue weighted by molar-refractivity contribution is 6.31. The number of amides is 1. The number of aromatic amines is 1. The van der Waals surface area contributed by atoms with Gasteiger partial charge in [-0.3, -0.25) is 9.89 Å². The van der Waals surface area contributed by atoms with E-state index < -0.39 is 5.60 Å². The van der Waals surface area contributed by atoms with Gasteiger partial charge in [-0.15, -0.1) is 0 Å². The summed E-state index contributed by atoms with van der Waals surface area (Å²) in [5.74, 6) is 0.269. The Bertz CT molecular complexity index is 714. The van der Waals surface area contributed by atoms with E-state index >= 15 is 0 Å². The van der Waals surface area contributed by atoms with Crippen LogP contribution in [0.5, 0.6) is 0 Å². The number of carbonyl (C=O) groups excluding carboxylic acids is 1. The third kappa shape index (κ3) is 1.42. The number of rotatable bonds is 1. The Balaban J connectivity index is 1.75. The maximum Gasteiger partial charge on any atom is 0.219 e. The molecule has 0 radical (unpaired) electrons. The lowest BCUT2D eigenvalue weighted by Crippen LogP contribution is -2.33. The van der Waals surface area contributed by atoms with Gasteiger partial charge in [0.1, 0.15) is 5.60 Å². The summed E-state index contributed by atoms with van der Waals surface area (Å²) in [5.41, 5.74) is 0.778. The summed E-state index contributed by atoms with van der Waals surface area (Å²) in [7, 11) is 0. The highest BCUT2D eigenvalue weighted by atomic mass is 35.5. The van der Waals surface area contributed by atoms with Gasteiger partial charge in [0.05, 0.1) is 11.7 Å². The SMILES string of the molecule is CC(=O)N1C[C@@H]2[C@H](C1)C2(O)c1cc(Cl)cc2[nH]ncc12. The quantitative estimate of drug-likeness (QED) is 0.837. The Morgan fingerprint density at radius 1 is 1.50 bits per heavy atom. The lowest BCUT2D eigenvalue weighted by molar-refractivity contribution is -0.129. The minimum atomic E-state index is -0.876. The number of benzene rings is 1.